The van der Waals surface area contributed by atoms with Crippen LogP contribution in [-0.4, -0.2) is 62.2 Å². The lowest BCUT2D eigenvalue weighted by molar-refractivity contribution is 0.0219. The van der Waals surface area contributed by atoms with Gasteiger partial charge in [0.05, 0.1) is 12.1 Å². The molecule has 1 N–H and O–H groups in total. The SMILES string of the molecule is CCC1CN(C2COc3ccccc3C2NC)CCN1C. The number of fused-ring (bicyclic) bond motifs is 1. The number of hydrogen-bond acceptors (Lipinski definition) is 4. The number of para-hydroxylation sites is 1. The van der Waals surface area contributed by atoms with Crippen LogP contribution in [0.15, 0.2) is 24.3 Å². The van der Waals surface area contributed by atoms with Crippen molar-refractivity contribution in [2.24, 2.45) is 0 Å². The van der Waals surface area contributed by atoms with Crippen LogP contribution in [0.4, 0.5) is 0 Å². The van der Waals surface area contributed by atoms with Crippen LogP contribution in [0.1, 0.15) is 24.9 Å². The maximum absolute atomic E-state index is 6.02. The number of piperazine rings is 1. The molecule has 4 heteroatoms. The predicted molar refractivity (Wildman–Crippen MR) is 85.8 cm³/mol. The molecule has 0 aromatic heterocycles. The van der Waals surface area contributed by atoms with Crippen LogP contribution in [0.5, 0.6) is 5.75 Å². The lowest BCUT2D eigenvalue weighted by Crippen LogP contribution is -2.58. The molecule has 3 atom stereocenters. The molecule has 0 aliphatic carbocycles. The molecule has 1 aromatic rings. The minimum atomic E-state index is 0.357. The highest BCUT2D eigenvalue weighted by Crippen LogP contribution is 2.34. The minimum absolute atomic E-state index is 0.357. The van der Waals surface area contributed by atoms with E-state index in [0.717, 1.165) is 32.0 Å². The molecule has 1 fully saturated rings. The van der Waals surface area contributed by atoms with Crippen molar-refractivity contribution < 1.29 is 4.74 Å². The molecule has 2 aliphatic rings. The molecule has 0 radical (unpaired) electrons. The fraction of sp³-hybridized carbons (Fsp3) is 0.647. The fourth-order valence-corrected chi connectivity index (χ4v) is 3.72. The standard InChI is InChI=1S/C17H27N3O/c1-4-13-11-20(10-9-19(13)3)15-12-21-16-8-6-5-7-14(16)17(15)18-2/h5-8,13,15,17-18H,4,9-12H2,1-3H3. The highest BCUT2D eigenvalue weighted by molar-refractivity contribution is 5.38. The number of rotatable bonds is 3. The highest BCUT2D eigenvalue weighted by Gasteiger charge is 2.36. The Hall–Kier alpha value is -1.10. The van der Waals surface area contributed by atoms with Gasteiger partial charge in [0.15, 0.2) is 0 Å². The van der Waals surface area contributed by atoms with Crippen LogP contribution in [-0.2, 0) is 0 Å². The fourth-order valence-electron chi connectivity index (χ4n) is 3.72. The third-order valence-electron chi connectivity index (χ3n) is 5.11. The lowest BCUT2D eigenvalue weighted by Gasteiger charge is -2.46. The maximum atomic E-state index is 6.02. The molecule has 0 bridgehead atoms. The molecule has 0 spiro atoms. The Morgan fingerprint density at radius 3 is 2.86 bits per heavy atom. The molecular weight excluding hydrogens is 262 g/mol. The molecule has 2 aliphatic heterocycles. The van der Waals surface area contributed by atoms with Gasteiger partial charge in [-0.05, 0) is 26.6 Å². The summed E-state index contributed by atoms with van der Waals surface area (Å²) in [6, 6.07) is 9.87. The summed E-state index contributed by atoms with van der Waals surface area (Å²) in [5.74, 6) is 1.04. The second-order valence-electron chi connectivity index (χ2n) is 6.22. The Kier molecular flexibility index (Phi) is 4.48. The normalized spacial score (nSPS) is 30.7. The summed E-state index contributed by atoms with van der Waals surface area (Å²) in [6.45, 7) is 6.48. The van der Waals surface area contributed by atoms with E-state index in [1.807, 2.05) is 0 Å². The average Bonchev–Trinajstić information content (AvgIpc) is 2.54. The highest BCUT2D eigenvalue weighted by atomic mass is 16.5. The van der Waals surface area contributed by atoms with Crippen LogP contribution < -0.4 is 10.1 Å². The molecule has 0 saturated carbocycles. The van der Waals surface area contributed by atoms with Crippen molar-refractivity contribution in [1.82, 2.24) is 15.1 Å². The van der Waals surface area contributed by atoms with E-state index in [4.69, 9.17) is 4.74 Å². The molecule has 1 saturated heterocycles. The van der Waals surface area contributed by atoms with E-state index in [1.54, 1.807) is 0 Å². The summed E-state index contributed by atoms with van der Waals surface area (Å²) >= 11 is 0. The topological polar surface area (TPSA) is 27.7 Å². The number of nitrogens with one attached hydrogen (secondary N) is 1. The van der Waals surface area contributed by atoms with Gasteiger partial charge < -0.3 is 15.0 Å². The van der Waals surface area contributed by atoms with Gasteiger partial charge in [-0.1, -0.05) is 25.1 Å². The van der Waals surface area contributed by atoms with Gasteiger partial charge in [0, 0.05) is 31.2 Å². The van der Waals surface area contributed by atoms with Crippen LogP contribution in [0.25, 0.3) is 0 Å². The number of likely N-dealkylation sites (N-methyl/N-ethyl adjacent to an activating group) is 2. The Morgan fingerprint density at radius 2 is 2.10 bits per heavy atom. The van der Waals surface area contributed by atoms with Crippen LogP contribution in [0.2, 0.25) is 0 Å². The Balaban J connectivity index is 1.80. The Morgan fingerprint density at radius 1 is 1.29 bits per heavy atom. The van der Waals surface area contributed by atoms with Gasteiger partial charge >= 0.3 is 0 Å². The van der Waals surface area contributed by atoms with Gasteiger partial charge in [-0.15, -0.1) is 0 Å². The molecule has 3 unspecified atom stereocenters. The third-order valence-corrected chi connectivity index (χ3v) is 5.11. The van der Waals surface area contributed by atoms with Gasteiger partial charge in [-0.25, -0.2) is 0 Å². The first-order chi connectivity index (χ1) is 10.2. The van der Waals surface area contributed by atoms with Crippen molar-refractivity contribution >= 4 is 0 Å². The quantitative estimate of drug-likeness (QED) is 0.917. The zero-order valence-electron chi connectivity index (χ0n) is 13.4. The van der Waals surface area contributed by atoms with E-state index < -0.39 is 0 Å². The van der Waals surface area contributed by atoms with E-state index >= 15 is 0 Å². The largest absolute Gasteiger partial charge is 0.492 e. The summed E-state index contributed by atoms with van der Waals surface area (Å²) in [7, 11) is 4.31. The van der Waals surface area contributed by atoms with Gasteiger partial charge in [-0.3, -0.25) is 4.90 Å². The summed E-state index contributed by atoms with van der Waals surface area (Å²) in [6.07, 6.45) is 1.21. The van der Waals surface area contributed by atoms with E-state index in [9.17, 15) is 0 Å². The maximum Gasteiger partial charge on any atom is 0.124 e. The van der Waals surface area contributed by atoms with Gasteiger partial charge in [-0.2, -0.15) is 0 Å². The molecule has 0 amide bonds. The molecular formula is C17H27N3O. The Labute approximate surface area is 128 Å². The smallest absolute Gasteiger partial charge is 0.124 e. The van der Waals surface area contributed by atoms with Crippen molar-refractivity contribution in [2.75, 3.05) is 40.3 Å². The first kappa shape index (κ1) is 14.8. The number of benzene rings is 1. The summed E-state index contributed by atoms with van der Waals surface area (Å²) in [5.41, 5.74) is 1.29. The van der Waals surface area contributed by atoms with Crippen LogP contribution in [0.3, 0.4) is 0 Å². The summed E-state index contributed by atoms with van der Waals surface area (Å²) in [4.78, 5) is 5.10. The molecule has 116 valence electrons. The first-order valence-corrected chi connectivity index (χ1v) is 8.07. The molecule has 1 aromatic carbocycles. The average molecular weight is 289 g/mol. The number of hydrogen-bond donors (Lipinski definition) is 1. The molecule has 21 heavy (non-hydrogen) atoms. The third kappa shape index (κ3) is 2.80. The van der Waals surface area contributed by atoms with E-state index in [-0.39, 0.29) is 0 Å². The van der Waals surface area contributed by atoms with E-state index in [2.05, 4.69) is 60.4 Å². The Bertz CT molecular complexity index is 479. The predicted octanol–water partition coefficient (Wildman–Crippen LogP) is 1.73. The zero-order chi connectivity index (χ0) is 14.8. The molecule has 3 rings (SSSR count). The van der Waals surface area contributed by atoms with Gasteiger partial charge in [0.1, 0.15) is 12.4 Å². The summed E-state index contributed by atoms with van der Waals surface area (Å²) < 4.78 is 6.02. The van der Waals surface area contributed by atoms with Crippen molar-refractivity contribution in [1.29, 1.82) is 0 Å². The van der Waals surface area contributed by atoms with Crippen LogP contribution >= 0.6 is 0 Å². The monoisotopic (exact) mass is 289 g/mol. The van der Waals surface area contributed by atoms with Crippen molar-refractivity contribution in [2.45, 2.75) is 31.5 Å². The van der Waals surface area contributed by atoms with Crippen LogP contribution in [0, 0.1) is 0 Å². The number of ether oxygens (including phenoxy) is 1. The summed E-state index contributed by atoms with van der Waals surface area (Å²) in [5, 5.41) is 3.52. The van der Waals surface area contributed by atoms with Gasteiger partial charge in [0.25, 0.3) is 0 Å². The zero-order valence-corrected chi connectivity index (χ0v) is 13.4. The van der Waals surface area contributed by atoms with E-state index in [0.29, 0.717) is 18.1 Å². The van der Waals surface area contributed by atoms with Crippen molar-refractivity contribution in [3.8, 4) is 5.75 Å². The number of nitrogens with zero attached hydrogens (tertiary/aromatic N) is 2. The molecule has 4 nitrogen and oxygen atoms in total. The van der Waals surface area contributed by atoms with E-state index in [1.165, 1.54) is 12.0 Å². The van der Waals surface area contributed by atoms with Crippen molar-refractivity contribution in [3.05, 3.63) is 29.8 Å². The molecule has 2 heterocycles. The second-order valence-corrected chi connectivity index (χ2v) is 6.22. The lowest BCUT2D eigenvalue weighted by atomic mass is 9.94. The second kappa shape index (κ2) is 6.34. The first-order valence-electron chi connectivity index (χ1n) is 8.07. The van der Waals surface area contributed by atoms with Crippen molar-refractivity contribution in [3.63, 3.8) is 0 Å². The minimum Gasteiger partial charge on any atom is -0.492 e. The van der Waals surface area contributed by atoms with Gasteiger partial charge in [0.2, 0.25) is 0 Å².